The quantitative estimate of drug-likeness (QED) is 0.556. The molecule has 0 aromatic heterocycles. The van der Waals surface area contributed by atoms with E-state index in [1.807, 2.05) is 24.3 Å². The maximum absolute atomic E-state index is 13.5. The zero-order valence-corrected chi connectivity index (χ0v) is 17.6. The van der Waals surface area contributed by atoms with E-state index in [-0.39, 0.29) is 5.82 Å². The Balaban J connectivity index is 1.27. The smallest absolute Gasteiger partial charge is 0.191 e. The van der Waals surface area contributed by atoms with Crippen LogP contribution in [0.1, 0.15) is 37.7 Å². The molecule has 1 saturated carbocycles. The van der Waals surface area contributed by atoms with Gasteiger partial charge >= 0.3 is 0 Å². The van der Waals surface area contributed by atoms with Gasteiger partial charge in [-0.3, -0.25) is 4.99 Å². The van der Waals surface area contributed by atoms with Gasteiger partial charge in [0.15, 0.2) is 5.96 Å². The van der Waals surface area contributed by atoms with Crippen molar-refractivity contribution >= 4 is 11.6 Å². The lowest BCUT2D eigenvalue weighted by atomic mass is 9.96. The van der Waals surface area contributed by atoms with Gasteiger partial charge in [-0.2, -0.15) is 0 Å². The molecule has 2 fully saturated rings. The first kappa shape index (κ1) is 20.5. The Labute approximate surface area is 178 Å². The van der Waals surface area contributed by atoms with Crippen molar-refractivity contribution in [2.24, 2.45) is 4.99 Å². The first-order valence-corrected chi connectivity index (χ1v) is 10.9. The Hall–Kier alpha value is -2.76. The van der Waals surface area contributed by atoms with Crippen LogP contribution in [0.15, 0.2) is 53.5 Å². The normalized spacial score (nSPS) is 18.1. The summed E-state index contributed by atoms with van der Waals surface area (Å²) in [6.45, 7) is 2.47. The third-order valence-electron chi connectivity index (χ3n) is 6.00. The molecule has 1 heterocycles. The number of anilines is 1. The molecule has 1 aliphatic heterocycles. The van der Waals surface area contributed by atoms with Gasteiger partial charge in [0.05, 0.1) is 6.10 Å². The first-order chi connectivity index (χ1) is 14.7. The highest BCUT2D eigenvalue weighted by Crippen LogP contribution is 2.27. The minimum Gasteiger partial charge on any atom is -0.490 e. The number of benzene rings is 2. The van der Waals surface area contributed by atoms with Crippen molar-refractivity contribution in [1.82, 2.24) is 10.6 Å². The van der Waals surface area contributed by atoms with Crippen LogP contribution in [0.4, 0.5) is 10.1 Å². The summed E-state index contributed by atoms with van der Waals surface area (Å²) in [6, 6.07) is 15.4. The molecule has 0 amide bonds. The minimum atomic E-state index is -0.182. The highest BCUT2D eigenvalue weighted by atomic mass is 19.1. The highest BCUT2D eigenvalue weighted by molar-refractivity contribution is 5.80. The average molecular weight is 411 g/mol. The molecule has 5 nitrogen and oxygen atoms in total. The van der Waals surface area contributed by atoms with Crippen molar-refractivity contribution in [3.63, 3.8) is 0 Å². The Kier molecular flexibility index (Phi) is 6.72. The number of halogens is 1. The minimum absolute atomic E-state index is 0.182. The molecular formula is C24H31FN4O. The summed E-state index contributed by atoms with van der Waals surface area (Å²) in [5.41, 5.74) is 2.10. The molecule has 0 radical (unpaired) electrons. The second-order valence-corrected chi connectivity index (χ2v) is 8.09. The molecule has 160 valence electrons. The summed E-state index contributed by atoms with van der Waals surface area (Å²) >= 11 is 0. The summed E-state index contributed by atoms with van der Waals surface area (Å²) in [5.74, 6) is 1.59. The molecule has 0 unspecified atom stereocenters. The summed E-state index contributed by atoms with van der Waals surface area (Å²) in [6.07, 6.45) is 5.90. The molecule has 1 saturated heterocycles. The van der Waals surface area contributed by atoms with E-state index in [9.17, 15) is 4.39 Å². The van der Waals surface area contributed by atoms with Gasteiger partial charge in [0.2, 0.25) is 0 Å². The lowest BCUT2D eigenvalue weighted by Gasteiger charge is -2.34. The fraction of sp³-hybridized carbons (Fsp3) is 0.458. The molecule has 2 aliphatic rings. The van der Waals surface area contributed by atoms with Crippen molar-refractivity contribution in [1.29, 1.82) is 0 Å². The summed E-state index contributed by atoms with van der Waals surface area (Å²) in [5, 5.41) is 6.97. The third kappa shape index (κ3) is 5.23. The zero-order chi connectivity index (χ0) is 20.8. The fourth-order valence-electron chi connectivity index (χ4n) is 3.95. The standard InChI is InChI=1S/C24H31FN4O/c1-26-24(27-17-18-6-2-3-11-23(18)30-22-9-5-10-22)28-20-12-14-29(15-13-20)21-8-4-7-19(25)16-21/h2-4,6-8,11,16,20,22H,5,9-10,12-15,17H2,1H3,(H2,26,27,28). The molecule has 2 aromatic rings. The van der Waals surface area contributed by atoms with Crippen LogP contribution < -0.4 is 20.3 Å². The van der Waals surface area contributed by atoms with E-state index in [4.69, 9.17) is 4.74 Å². The Morgan fingerprint density at radius 2 is 1.90 bits per heavy atom. The van der Waals surface area contributed by atoms with Crippen LogP contribution in [0.5, 0.6) is 5.75 Å². The second-order valence-electron chi connectivity index (χ2n) is 8.09. The number of ether oxygens (including phenoxy) is 1. The maximum atomic E-state index is 13.5. The number of nitrogens with zero attached hydrogens (tertiary/aromatic N) is 2. The molecule has 0 atom stereocenters. The lowest BCUT2D eigenvalue weighted by molar-refractivity contribution is 0.119. The van der Waals surface area contributed by atoms with Crippen LogP contribution in [0.3, 0.4) is 0 Å². The van der Waals surface area contributed by atoms with E-state index >= 15 is 0 Å². The van der Waals surface area contributed by atoms with Gasteiger partial charge in [-0.1, -0.05) is 24.3 Å². The number of guanidine groups is 1. The molecule has 4 rings (SSSR count). The van der Waals surface area contributed by atoms with E-state index < -0.39 is 0 Å². The number of nitrogens with one attached hydrogen (secondary N) is 2. The topological polar surface area (TPSA) is 48.9 Å². The van der Waals surface area contributed by atoms with Crippen LogP contribution in [0.25, 0.3) is 0 Å². The summed E-state index contributed by atoms with van der Waals surface area (Å²) in [7, 11) is 1.80. The van der Waals surface area contributed by atoms with Crippen molar-refractivity contribution in [3.8, 4) is 5.75 Å². The van der Waals surface area contributed by atoms with Crippen LogP contribution >= 0.6 is 0 Å². The zero-order valence-electron chi connectivity index (χ0n) is 17.6. The number of rotatable bonds is 6. The molecular weight excluding hydrogens is 379 g/mol. The number of piperidine rings is 1. The van der Waals surface area contributed by atoms with E-state index in [0.717, 1.165) is 61.7 Å². The number of para-hydroxylation sites is 1. The third-order valence-corrected chi connectivity index (χ3v) is 6.00. The molecule has 6 heteroatoms. The summed E-state index contributed by atoms with van der Waals surface area (Å²) in [4.78, 5) is 6.64. The van der Waals surface area contributed by atoms with Gasteiger partial charge in [0.1, 0.15) is 11.6 Å². The van der Waals surface area contributed by atoms with Gasteiger partial charge in [-0.25, -0.2) is 4.39 Å². The van der Waals surface area contributed by atoms with Crippen LogP contribution in [0, 0.1) is 5.82 Å². The molecule has 1 aliphatic carbocycles. The number of aliphatic imine (C=N–C) groups is 1. The summed E-state index contributed by atoms with van der Waals surface area (Å²) < 4.78 is 19.6. The van der Waals surface area contributed by atoms with Gasteiger partial charge < -0.3 is 20.3 Å². The predicted molar refractivity (Wildman–Crippen MR) is 120 cm³/mol. The van der Waals surface area contributed by atoms with Gasteiger partial charge in [0.25, 0.3) is 0 Å². The monoisotopic (exact) mass is 410 g/mol. The Morgan fingerprint density at radius 3 is 2.60 bits per heavy atom. The molecule has 0 bridgehead atoms. The molecule has 0 spiro atoms. The Morgan fingerprint density at radius 1 is 1.10 bits per heavy atom. The van der Waals surface area contributed by atoms with Crippen LogP contribution in [-0.2, 0) is 6.54 Å². The SMILES string of the molecule is CN=C(NCc1ccccc1OC1CCC1)NC1CCN(c2cccc(F)c2)CC1. The van der Waals surface area contributed by atoms with Crippen molar-refractivity contribution in [2.75, 3.05) is 25.0 Å². The van der Waals surface area contributed by atoms with E-state index in [2.05, 4.69) is 26.6 Å². The van der Waals surface area contributed by atoms with Crippen LogP contribution in [0.2, 0.25) is 0 Å². The maximum Gasteiger partial charge on any atom is 0.191 e. The van der Waals surface area contributed by atoms with Crippen LogP contribution in [-0.4, -0.2) is 38.2 Å². The van der Waals surface area contributed by atoms with E-state index in [1.54, 1.807) is 19.2 Å². The van der Waals surface area contributed by atoms with Gasteiger partial charge in [-0.15, -0.1) is 0 Å². The van der Waals surface area contributed by atoms with E-state index in [0.29, 0.717) is 18.7 Å². The average Bonchev–Trinajstić information content (AvgIpc) is 2.75. The van der Waals surface area contributed by atoms with Gasteiger partial charge in [0, 0.05) is 44.0 Å². The second kappa shape index (κ2) is 9.83. The largest absolute Gasteiger partial charge is 0.490 e. The number of hydrogen-bond acceptors (Lipinski definition) is 3. The molecule has 2 aromatic carbocycles. The number of hydrogen-bond donors (Lipinski definition) is 2. The molecule has 30 heavy (non-hydrogen) atoms. The van der Waals surface area contributed by atoms with Crippen molar-refractivity contribution < 1.29 is 9.13 Å². The van der Waals surface area contributed by atoms with E-state index in [1.165, 1.54) is 12.5 Å². The highest BCUT2D eigenvalue weighted by Gasteiger charge is 2.22. The van der Waals surface area contributed by atoms with Crippen molar-refractivity contribution in [3.05, 3.63) is 59.9 Å². The Bertz CT molecular complexity index is 860. The van der Waals surface area contributed by atoms with Gasteiger partial charge in [-0.05, 0) is 56.4 Å². The fourth-order valence-corrected chi connectivity index (χ4v) is 3.95. The first-order valence-electron chi connectivity index (χ1n) is 10.9. The molecule has 2 N–H and O–H groups in total. The van der Waals surface area contributed by atoms with Crippen molar-refractivity contribution in [2.45, 2.75) is 50.8 Å². The predicted octanol–water partition coefficient (Wildman–Crippen LogP) is 4.09. The lowest BCUT2D eigenvalue weighted by Crippen LogP contribution is -2.48.